The molecule has 3 atom stereocenters. The quantitative estimate of drug-likeness (QED) is 0.217. The number of amides is 3. The molecule has 12 nitrogen and oxygen atoms in total. The van der Waals surface area contributed by atoms with Gasteiger partial charge in [0.25, 0.3) is 5.91 Å². The van der Waals surface area contributed by atoms with E-state index in [0.29, 0.717) is 49.4 Å². The van der Waals surface area contributed by atoms with Crippen LogP contribution in [0.25, 0.3) is 10.6 Å². The lowest BCUT2D eigenvalue weighted by Crippen LogP contribution is -2.51. The lowest BCUT2D eigenvalue weighted by atomic mass is 9.94. The summed E-state index contributed by atoms with van der Waals surface area (Å²) in [6.07, 6.45) is 0.886. The molecule has 1 fully saturated rings. The van der Waals surface area contributed by atoms with Gasteiger partial charge in [-0.15, -0.1) is 0 Å². The maximum Gasteiger partial charge on any atom is 0.412 e. The average Bonchev–Trinajstić information content (AvgIpc) is 3.53. The van der Waals surface area contributed by atoms with Gasteiger partial charge in [0, 0.05) is 24.7 Å². The molecule has 1 unspecified atom stereocenters. The summed E-state index contributed by atoms with van der Waals surface area (Å²) in [4.78, 5) is 50.2. The molecule has 3 aromatic rings. The molecule has 264 valence electrons. The topological polar surface area (TPSA) is 155 Å². The van der Waals surface area contributed by atoms with Crippen LogP contribution in [0.3, 0.4) is 0 Å². The summed E-state index contributed by atoms with van der Waals surface area (Å²) in [5.41, 5.74) is -0.0814. The van der Waals surface area contributed by atoms with Gasteiger partial charge in [0.1, 0.15) is 32.8 Å². The SMILES string of the molecule is C[C@@H]1C[C@H](NC(=O)OC(C)(C)C)CN(c2c(NC(=O)c3nc(-c4c(F)cccc4F)sc3NC(=O)OC(C)(C)C)cnc3c2CCC3O)C1. The van der Waals surface area contributed by atoms with Crippen molar-refractivity contribution in [3.05, 3.63) is 53.0 Å². The Balaban J connectivity index is 1.50. The second-order valence-electron chi connectivity index (χ2n) is 14.4. The van der Waals surface area contributed by atoms with E-state index in [1.807, 2.05) is 4.90 Å². The number of hydrogen-bond acceptors (Lipinski definition) is 10. The summed E-state index contributed by atoms with van der Waals surface area (Å²) in [5, 5.41) is 18.8. The Kier molecular flexibility index (Phi) is 10.2. The number of nitrogens with zero attached hydrogens (tertiary/aromatic N) is 3. The number of aliphatic hydroxyl groups is 1. The molecule has 3 heterocycles. The fraction of sp³-hybridized carbons (Fsp3) is 0.500. The number of alkyl carbamates (subject to hydrolysis) is 1. The molecule has 1 saturated heterocycles. The van der Waals surface area contributed by atoms with Gasteiger partial charge in [-0.3, -0.25) is 15.1 Å². The Labute approximate surface area is 287 Å². The molecular weight excluding hydrogens is 658 g/mol. The monoisotopic (exact) mass is 700 g/mol. The van der Waals surface area contributed by atoms with Crippen molar-refractivity contribution in [3.63, 3.8) is 0 Å². The van der Waals surface area contributed by atoms with Gasteiger partial charge in [0.05, 0.1) is 34.9 Å². The maximum absolute atomic E-state index is 14.8. The minimum absolute atomic E-state index is 0.0799. The lowest BCUT2D eigenvalue weighted by Gasteiger charge is -2.40. The second-order valence-corrected chi connectivity index (χ2v) is 15.4. The van der Waals surface area contributed by atoms with Gasteiger partial charge in [-0.1, -0.05) is 24.3 Å². The Morgan fingerprint density at radius 3 is 2.31 bits per heavy atom. The van der Waals surface area contributed by atoms with Gasteiger partial charge in [-0.25, -0.2) is 23.4 Å². The maximum atomic E-state index is 14.8. The molecule has 0 saturated carbocycles. The van der Waals surface area contributed by atoms with E-state index >= 15 is 0 Å². The van der Waals surface area contributed by atoms with Gasteiger partial charge in [0.2, 0.25) is 0 Å². The van der Waals surface area contributed by atoms with Crippen LogP contribution in [0.2, 0.25) is 0 Å². The summed E-state index contributed by atoms with van der Waals surface area (Å²) in [7, 11) is 0. The molecular formula is C34H42F2N6O6S. The largest absolute Gasteiger partial charge is 0.444 e. The van der Waals surface area contributed by atoms with Crippen molar-refractivity contribution in [3.8, 4) is 10.6 Å². The van der Waals surface area contributed by atoms with E-state index in [4.69, 9.17) is 9.47 Å². The Morgan fingerprint density at radius 1 is 1.00 bits per heavy atom. The molecule has 49 heavy (non-hydrogen) atoms. The van der Waals surface area contributed by atoms with Gasteiger partial charge in [0.15, 0.2) is 5.69 Å². The number of pyridine rings is 1. The summed E-state index contributed by atoms with van der Waals surface area (Å²) >= 11 is 0.722. The van der Waals surface area contributed by atoms with Crippen molar-refractivity contribution >= 4 is 45.8 Å². The molecule has 2 aliphatic rings. The number of hydrogen-bond donors (Lipinski definition) is 4. The first-order valence-corrected chi connectivity index (χ1v) is 16.9. The number of thiazole rings is 1. The zero-order valence-electron chi connectivity index (χ0n) is 28.6. The van der Waals surface area contributed by atoms with Gasteiger partial charge in [-0.2, -0.15) is 0 Å². The number of carbonyl (C=O) groups is 3. The van der Waals surface area contributed by atoms with Crippen LogP contribution in [-0.4, -0.2) is 63.5 Å². The van der Waals surface area contributed by atoms with Crippen LogP contribution in [0.15, 0.2) is 24.4 Å². The standard InChI is InChI=1S/C34H42F2N6O6S/c1-17-13-18(38-31(45)47-33(2,3)4)16-42(15-17)27-19-11-12-23(43)25(19)37-14-22(27)39-28(44)26-30(41-32(46)48-34(5,6)7)49-29(40-26)24-20(35)9-8-10-21(24)36/h8-10,14,17-18,23,43H,11-13,15-16H2,1-7H3,(H,38,45)(H,39,44)(H,41,46)/t17-,18+,23?/m1/s1. The van der Waals surface area contributed by atoms with Crippen molar-refractivity contribution in [2.75, 3.05) is 28.6 Å². The molecule has 5 rings (SSSR count). The lowest BCUT2D eigenvalue weighted by molar-refractivity contribution is 0.0494. The second kappa shape index (κ2) is 13.9. The van der Waals surface area contributed by atoms with E-state index in [1.165, 1.54) is 12.3 Å². The Morgan fingerprint density at radius 2 is 1.65 bits per heavy atom. The van der Waals surface area contributed by atoms with E-state index in [2.05, 4.69) is 32.8 Å². The Bertz CT molecular complexity index is 1730. The van der Waals surface area contributed by atoms with Crippen LogP contribution >= 0.6 is 11.3 Å². The highest BCUT2D eigenvalue weighted by Crippen LogP contribution is 2.42. The Hall–Kier alpha value is -4.37. The van der Waals surface area contributed by atoms with Crippen LogP contribution < -0.4 is 20.9 Å². The van der Waals surface area contributed by atoms with E-state index < -0.39 is 52.6 Å². The highest BCUT2D eigenvalue weighted by Gasteiger charge is 2.35. The highest BCUT2D eigenvalue weighted by atomic mass is 32.1. The third kappa shape index (κ3) is 8.63. The average molecular weight is 701 g/mol. The first-order chi connectivity index (χ1) is 22.9. The summed E-state index contributed by atoms with van der Waals surface area (Å²) in [6.45, 7) is 13.4. The number of benzene rings is 1. The number of carbonyl (C=O) groups excluding carboxylic acids is 3. The van der Waals surface area contributed by atoms with Crippen LogP contribution in [-0.2, 0) is 15.9 Å². The first-order valence-electron chi connectivity index (χ1n) is 16.1. The number of aliphatic hydroxyl groups excluding tert-OH is 1. The van der Waals surface area contributed by atoms with Crippen LogP contribution in [0.4, 0.5) is 34.7 Å². The fourth-order valence-electron chi connectivity index (χ4n) is 6.02. The van der Waals surface area contributed by atoms with E-state index in [0.717, 1.165) is 29.0 Å². The number of ether oxygens (including phenoxy) is 2. The van der Waals surface area contributed by atoms with Crippen molar-refractivity contribution < 1.29 is 37.7 Å². The molecule has 2 aromatic heterocycles. The van der Waals surface area contributed by atoms with Crippen LogP contribution in [0.5, 0.6) is 0 Å². The van der Waals surface area contributed by atoms with E-state index in [1.54, 1.807) is 41.5 Å². The summed E-state index contributed by atoms with van der Waals surface area (Å²) < 4.78 is 40.4. The minimum atomic E-state index is -0.887. The third-order valence-corrected chi connectivity index (χ3v) is 8.73. The minimum Gasteiger partial charge on any atom is -0.444 e. The van der Waals surface area contributed by atoms with Crippen molar-refractivity contribution in [2.45, 2.75) is 91.1 Å². The number of halogens is 2. The number of rotatable bonds is 6. The first kappa shape index (κ1) is 35.9. The molecule has 0 bridgehead atoms. The van der Waals surface area contributed by atoms with E-state index in [-0.39, 0.29) is 27.7 Å². The number of anilines is 3. The number of fused-ring (bicyclic) bond motifs is 1. The molecule has 0 radical (unpaired) electrons. The number of aromatic nitrogens is 2. The molecule has 0 spiro atoms. The third-order valence-electron chi connectivity index (χ3n) is 7.74. The number of piperidine rings is 1. The van der Waals surface area contributed by atoms with Crippen LogP contribution in [0, 0.1) is 17.6 Å². The molecule has 3 amide bonds. The van der Waals surface area contributed by atoms with Crippen molar-refractivity contribution in [1.82, 2.24) is 15.3 Å². The van der Waals surface area contributed by atoms with Gasteiger partial charge < -0.3 is 30.1 Å². The van der Waals surface area contributed by atoms with Gasteiger partial charge in [-0.05, 0) is 78.9 Å². The molecule has 1 aliphatic carbocycles. The van der Waals surface area contributed by atoms with Crippen molar-refractivity contribution in [2.24, 2.45) is 5.92 Å². The van der Waals surface area contributed by atoms with Crippen molar-refractivity contribution in [1.29, 1.82) is 0 Å². The predicted molar refractivity (Wildman–Crippen MR) is 182 cm³/mol. The fourth-order valence-corrected chi connectivity index (χ4v) is 7.02. The predicted octanol–water partition coefficient (Wildman–Crippen LogP) is 6.80. The van der Waals surface area contributed by atoms with Gasteiger partial charge >= 0.3 is 12.2 Å². The number of nitrogens with one attached hydrogen (secondary N) is 3. The summed E-state index contributed by atoms with van der Waals surface area (Å²) in [6, 6.07) is 3.08. The zero-order chi connectivity index (χ0) is 35.8. The van der Waals surface area contributed by atoms with E-state index in [9.17, 15) is 28.3 Å². The summed E-state index contributed by atoms with van der Waals surface area (Å²) in [5.74, 6) is -2.42. The highest BCUT2D eigenvalue weighted by molar-refractivity contribution is 7.19. The smallest absolute Gasteiger partial charge is 0.412 e. The van der Waals surface area contributed by atoms with Crippen LogP contribution in [0.1, 0.15) is 89.2 Å². The normalized spacial score (nSPS) is 19.2. The zero-order valence-corrected chi connectivity index (χ0v) is 29.4. The molecule has 4 N–H and O–H groups in total. The molecule has 1 aliphatic heterocycles. The molecule has 1 aromatic carbocycles. The molecule has 15 heteroatoms.